The van der Waals surface area contributed by atoms with E-state index in [1.807, 2.05) is 31.2 Å². The fourth-order valence-corrected chi connectivity index (χ4v) is 1.15. The van der Waals surface area contributed by atoms with Crippen molar-refractivity contribution in [3.63, 3.8) is 0 Å². The molecule has 15 heavy (non-hydrogen) atoms. The zero-order valence-electron chi connectivity index (χ0n) is 9.22. The quantitative estimate of drug-likeness (QED) is 0.601. The second kappa shape index (κ2) is 9.62. The number of carbonyl (C=O) groups excluding carboxylic acids is 1. The van der Waals surface area contributed by atoms with Gasteiger partial charge >= 0.3 is 0 Å². The van der Waals surface area contributed by atoms with E-state index >= 15 is 0 Å². The number of Topliss-reactive ketones (excluding diaryl/α,β-unsaturated/α-hetero) is 1. The fraction of sp³-hybridized carbons (Fsp3) is 0.583. The van der Waals surface area contributed by atoms with Gasteiger partial charge in [-0.15, -0.1) is 0 Å². The number of hydrogen-bond donors (Lipinski definition) is 2. The molecule has 0 fully saturated rings. The van der Waals surface area contributed by atoms with E-state index < -0.39 is 6.10 Å². The minimum absolute atomic E-state index is 0.0427. The highest BCUT2D eigenvalue weighted by Crippen LogP contribution is 2.03. The van der Waals surface area contributed by atoms with Gasteiger partial charge in [-0.3, -0.25) is 4.79 Å². The number of aliphatic hydroxyl groups is 2. The van der Waals surface area contributed by atoms with E-state index in [9.17, 15) is 9.90 Å². The molecular weight excluding hydrogens is 192 g/mol. The van der Waals surface area contributed by atoms with E-state index in [0.717, 1.165) is 0 Å². The number of rotatable bonds is 8. The van der Waals surface area contributed by atoms with Crippen LogP contribution in [0, 0.1) is 0 Å². The summed E-state index contributed by atoms with van der Waals surface area (Å²) in [5.41, 5.74) is 0. The Morgan fingerprint density at radius 3 is 2.73 bits per heavy atom. The predicted molar refractivity (Wildman–Crippen MR) is 60.5 cm³/mol. The van der Waals surface area contributed by atoms with Crippen molar-refractivity contribution >= 4 is 5.78 Å². The first-order valence-electron chi connectivity index (χ1n) is 5.29. The van der Waals surface area contributed by atoms with Gasteiger partial charge in [0.15, 0.2) is 0 Å². The average Bonchev–Trinajstić information content (AvgIpc) is 2.17. The summed E-state index contributed by atoms with van der Waals surface area (Å²) < 4.78 is 0. The van der Waals surface area contributed by atoms with Crippen molar-refractivity contribution in [3.05, 3.63) is 24.3 Å². The van der Waals surface area contributed by atoms with Gasteiger partial charge in [0.1, 0.15) is 5.78 Å². The lowest BCUT2D eigenvalue weighted by atomic mass is 10.1. The van der Waals surface area contributed by atoms with Crippen LogP contribution in [0.5, 0.6) is 0 Å². The Morgan fingerprint density at radius 2 is 2.13 bits per heavy atom. The van der Waals surface area contributed by atoms with Gasteiger partial charge in [-0.2, -0.15) is 0 Å². The van der Waals surface area contributed by atoms with E-state index in [2.05, 4.69) is 0 Å². The Balaban J connectivity index is 3.57. The van der Waals surface area contributed by atoms with Gasteiger partial charge in [-0.1, -0.05) is 24.3 Å². The normalized spacial score (nSPS) is 13.8. The first-order valence-corrected chi connectivity index (χ1v) is 5.29. The van der Waals surface area contributed by atoms with Crippen molar-refractivity contribution in [1.82, 2.24) is 0 Å². The Morgan fingerprint density at radius 1 is 1.40 bits per heavy atom. The van der Waals surface area contributed by atoms with E-state index in [4.69, 9.17) is 5.11 Å². The lowest BCUT2D eigenvalue weighted by Crippen LogP contribution is -2.14. The van der Waals surface area contributed by atoms with Gasteiger partial charge in [0.25, 0.3) is 0 Å². The van der Waals surface area contributed by atoms with E-state index in [1.165, 1.54) is 0 Å². The maximum atomic E-state index is 11.3. The highest BCUT2D eigenvalue weighted by molar-refractivity contribution is 5.78. The molecule has 86 valence electrons. The minimum Gasteiger partial charge on any atom is -0.396 e. The topological polar surface area (TPSA) is 57.5 Å². The Hall–Kier alpha value is -0.930. The molecule has 0 spiro atoms. The molecule has 3 heteroatoms. The maximum absolute atomic E-state index is 11.3. The van der Waals surface area contributed by atoms with E-state index in [-0.39, 0.29) is 25.2 Å². The molecule has 0 radical (unpaired) electrons. The van der Waals surface area contributed by atoms with E-state index in [1.54, 1.807) is 0 Å². The molecule has 0 aromatic heterocycles. The fourth-order valence-electron chi connectivity index (χ4n) is 1.15. The van der Waals surface area contributed by atoms with Crippen molar-refractivity contribution in [2.24, 2.45) is 0 Å². The van der Waals surface area contributed by atoms with Crippen molar-refractivity contribution in [1.29, 1.82) is 0 Å². The molecular formula is C12H20O3. The molecule has 0 aromatic rings. The van der Waals surface area contributed by atoms with Crippen LogP contribution in [0.1, 0.15) is 32.6 Å². The predicted octanol–water partition coefficient (Wildman–Crippen LogP) is 1.60. The highest BCUT2D eigenvalue weighted by Gasteiger charge is 2.08. The number of aliphatic hydroxyl groups excluding tert-OH is 2. The zero-order valence-corrected chi connectivity index (χ0v) is 9.22. The third-order valence-corrected chi connectivity index (χ3v) is 1.96. The molecule has 0 aliphatic heterocycles. The Labute approximate surface area is 91.1 Å². The second-order valence-electron chi connectivity index (χ2n) is 3.40. The van der Waals surface area contributed by atoms with Crippen molar-refractivity contribution in [3.8, 4) is 0 Å². The van der Waals surface area contributed by atoms with Crippen LogP contribution in [0.4, 0.5) is 0 Å². The SMILES string of the molecule is CC=CC=CCCC(=O)CC(O)CCO. The van der Waals surface area contributed by atoms with Crippen LogP contribution in [0.25, 0.3) is 0 Å². The Bertz CT molecular complexity index is 219. The molecule has 0 rings (SSSR count). The number of carbonyl (C=O) groups is 1. The van der Waals surface area contributed by atoms with Gasteiger partial charge in [-0.25, -0.2) is 0 Å². The number of hydrogen-bond acceptors (Lipinski definition) is 3. The largest absolute Gasteiger partial charge is 0.396 e. The summed E-state index contributed by atoms with van der Waals surface area (Å²) in [6.45, 7) is 1.86. The molecule has 0 bridgehead atoms. The van der Waals surface area contributed by atoms with Gasteiger partial charge < -0.3 is 10.2 Å². The molecule has 0 aliphatic rings. The van der Waals surface area contributed by atoms with Crippen molar-refractivity contribution in [2.75, 3.05) is 6.61 Å². The number of ketones is 1. The molecule has 1 atom stereocenters. The Kier molecular flexibility index (Phi) is 9.02. The van der Waals surface area contributed by atoms with Crippen LogP contribution in [0.3, 0.4) is 0 Å². The summed E-state index contributed by atoms with van der Waals surface area (Å²) in [5.74, 6) is 0.0427. The minimum atomic E-state index is -0.693. The highest BCUT2D eigenvalue weighted by atomic mass is 16.3. The number of allylic oxidation sites excluding steroid dienone is 4. The van der Waals surface area contributed by atoms with Gasteiger partial charge in [0.05, 0.1) is 6.10 Å². The molecule has 0 aliphatic carbocycles. The third-order valence-electron chi connectivity index (χ3n) is 1.96. The molecule has 1 unspecified atom stereocenters. The van der Waals surface area contributed by atoms with Gasteiger partial charge in [-0.05, 0) is 19.8 Å². The second-order valence-corrected chi connectivity index (χ2v) is 3.40. The molecule has 0 heterocycles. The molecule has 3 nitrogen and oxygen atoms in total. The molecule has 0 amide bonds. The van der Waals surface area contributed by atoms with Gasteiger partial charge in [0, 0.05) is 19.4 Å². The van der Waals surface area contributed by atoms with Crippen LogP contribution < -0.4 is 0 Å². The van der Waals surface area contributed by atoms with Crippen LogP contribution >= 0.6 is 0 Å². The summed E-state index contributed by atoms with van der Waals surface area (Å²) in [6.07, 6.45) is 8.55. The summed E-state index contributed by atoms with van der Waals surface area (Å²) in [4.78, 5) is 11.3. The summed E-state index contributed by atoms with van der Waals surface area (Å²) in [5, 5.41) is 17.8. The van der Waals surface area contributed by atoms with Crippen LogP contribution in [0.15, 0.2) is 24.3 Å². The molecule has 0 aromatic carbocycles. The van der Waals surface area contributed by atoms with Crippen LogP contribution in [0.2, 0.25) is 0 Å². The summed E-state index contributed by atoms with van der Waals surface area (Å²) in [6, 6.07) is 0. The van der Waals surface area contributed by atoms with Gasteiger partial charge in [0.2, 0.25) is 0 Å². The maximum Gasteiger partial charge on any atom is 0.135 e. The zero-order chi connectivity index (χ0) is 11.5. The van der Waals surface area contributed by atoms with Crippen molar-refractivity contribution in [2.45, 2.75) is 38.7 Å². The van der Waals surface area contributed by atoms with Crippen LogP contribution in [-0.2, 0) is 4.79 Å². The first-order chi connectivity index (χ1) is 7.20. The summed E-state index contributed by atoms with van der Waals surface area (Å²) in [7, 11) is 0. The van der Waals surface area contributed by atoms with Crippen molar-refractivity contribution < 1.29 is 15.0 Å². The lowest BCUT2D eigenvalue weighted by Gasteiger charge is -2.06. The first kappa shape index (κ1) is 14.1. The lowest BCUT2D eigenvalue weighted by molar-refractivity contribution is -0.121. The van der Waals surface area contributed by atoms with Crippen LogP contribution in [-0.4, -0.2) is 28.7 Å². The smallest absolute Gasteiger partial charge is 0.135 e. The molecule has 2 N–H and O–H groups in total. The van der Waals surface area contributed by atoms with E-state index in [0.29, 0.717) is 12.8 Å². The molecule has 0 saturated carbocycles. The third kappa shape index (κ3) is 9.38. The monoisotopic (exact) mass is 212 g/mol. The molecule has 0 saturated heterocycles. The summed E-state index contributed by atoms with van der Waals surface area (Å²) >= 11 is 0. The average molecular weight is 212 g/mol. The standard InChI is InChI=1S/C12H20O3/c1-2-3-4-5-6-7-11(14)10-12(15)8-9-13/h2-5,12-13,15H,6-10H2,1H3.